The van der Waals surface area contributed by atoms with Crippen LogP contribution in [-0.2, 0) is 15.7 Å². The smallest absolute Gasteiger partial charge is 0.372 e. The normalized spacial score (nSPS) is 10.6. The molecule has 6 heteroatoms. The van der Waals surface area contributed by atoms with Crippen LogP contribution >= 0.6 is 0 Å². The van der Waals surface area contributed by atoms with Crippen molar-refractivity contribution < 1.29 is 22.7 Å². The highest BCUT2D eigenvalue weighted by Crippen LogP contribution is 2.29. The van der Waals surface area contributed by atoms with Crippen molar-refractivity contribution in [3.63, 3.8) is 0 Å². The Hall–Kier alpha value is -2.00. The first kappa shape index (κ1) is 16.1. The van der Waals surface area contributed by atoms with E-state index >= 15 is 0 Å². The van der Waals surface area contributed by atoms with E-state index in [4.69, 9.17) is 4.74 Å². The third-order valence-corrected chi connectivity index (χ3v) is 2.23. The van der Waals surface area contributed by atoms with Gasteiger partial charge in [0.25, 0.3) is 0 Å². The molecule has 108 valence electrons. The Kier molecular flexibility index (Phi) is 6.07. The number of ether oxygens (including phenoxy) is 1. The van der Waals surface area contributed by atoms with E-state index in [1.54, 1.807) is 6.92 Å². The van der Waals surface area contributed by atoms with Crippen molar-refractivity contribution in [2.45, 2.75) is 13.1 Å². The Morgan fingerprint density at radius 1 is 1.40 bits per heavy atom. The fourth-order valence-electron chi connectivity index (χ4n) is 1.31. The predicted octanol–water partition coefficient (Wildman–Crippen LogP) is 2.21. The number of carbonyl (C=O) groups excluding carboxylic acids is 1. The van der Waals surface area contributed by atoms with Gasteiger partial charge >= 0.3 is 6.18 Å². The number of hydrogen-bond donors (Lipinski definition) is 1. The van der Waals surface area contributed by atoms with E-state index in [1.807, 2.05) is 0 Å². The number of nitrogens with one attached hydrogen (secondary N) is 1. The number of rotatable bonds is 4. The van der Waals surface area contributed by atoms with Crippen molar-refractivity contribution in [2.75, 3.05) is 19.8 Å². The highest BCUT2D eigenvalue weighted by Gasteiger charge is 2.30. The molecule has 1 amide bonds. The number of hydrogen-bond acceptors (Lipinski definition) is 2. The SMILES string of the molecule is CCOCC(=O)NCC#Cc1cccc(C(F)(F)F)c1. The minimum atomic E-state index is -4.39. The molecule has 0 saturated carbocycles. The molecule has 0 atom stereocenters. The summed E-state index contributed by atoms with van der Waals surface area (Å²) in [6.45, 7) is 2.20. The summed E-state index contributed by atoms with van der Waals surface area (Å²) < 4.78 is 42.3. The fraction of sp³-hybridized carbons (Fsp3) is 0.357. The minimum absolute atomic E-state index is 0.0538. The average molecular weight is 285 g/mol. The predicted molar refractivity (Wildman–Crippen MR) is 67.8 cm³/mol. The Balaban J connectivity index is 2.54. The van der Waals surface area contributed by atoms with Crippen LogP contribution in [0.2, 0.25) is 0 Å². The van der Waals surface area contributed by atoms with Crippen LogP contribution in [-0.4, -0.2) is 25.7 Å². The monoisotopic (exact) mass is 285 g/mol. The Bertz CT molecular complexity index is 515. The maximum absolute atomic E-state index is 12.5. The molecular formula is C14H14F3NO2. The third-order valence-electron chi connectivity index (χ3n) is 2.23. The number of carbonyl (C=O) groups is 1. The van der Waals surface area contributed by atoms with Crippen LogP contribution in [0.3, 0.4) is 0 Å². The van der Waals surface area contributed by atoms with Gasteiger partial charge in [0, 0.05) is 12.2 Å². The van der Waals surface area contributed by atoms with Crippen LogP contribution in [0, 0.1) is 11.8 Å². The van der Waals surface area contributed by atoms with Crippen LogP contribution in [0.25, 0.3) is 0 Å². The molecule has 0 spiro atoms. The van der Waals surface area contributed by atoms with Crippen molar-refractivity contribution in [3.05, 3.63) is 35.4 Å². The molecule has 1 rings (SSSR count). The van der Waals surface area contributed by atoms with E-state index in [1.165, 1.54) is 12.1 Å². The second-order valence-electron chi connectivity index (χ2n) is 3.79. The number of benzene rings is 1. The molecule has 0 bridgehead atoms. The number of alkyl halides is 3. The summed E-state index contributed by atoms with van der Waals surface area (Å²) in [5.74, 6) is 4.83. The summed E-state index contributed by atoms with van der Waals surface area (Å²) >= 11 is 0. The van der Waals surface area contributed by atoms with E-state index in [9.17, 15) is 18.0 Å². The first-order valence-electron chi connectivity index (χ1n) is 5.94. The molecule has 0 saturated heterocycles. The maximum Gasteiger partial charge on any atom is 0.416 e. The Morgan fingerprint density at radius 3 is 2.80 bits per heavy atom. The van der Waals surface area contributed by atoms with Gasteiger partial charge in [-0.2, -0.15) is 13.2 Å². The van der Waals surface area contributed by atoms with E-state index < -0.39 is 11.7 Å². The third kappa shape index (κ3) is 5.76. The lowest BCUT2D eigenvalue weighted by atomic mass is 10.1. The molecule has 1 aromatic rings. The summed E-state index contributed by atoms with van der Waals surface area (Å²) in [6, 6.07) is 4.72. The molecule has 0 aliphatic rings. The molecule has 0 heterocycles. The molecule has 1 N–H and O–H groups in total. The van der Waals surface area contributed by atoms with Gasteiger partial charge in [0.1, 0.15) is 6.61 Å². The largest absolute Gasteiger partial charge is 0.416 e. The van der Waals surface area contributed by atoms with Gasteiger partial charge in [-0.15, -0.1) is 0 Å². The summed E-state index contributed by atoms with van der Waals surface area (Å²) in [4.78, 5) is 11.1. The zero-order valence-corrected chi connectivity index (χ0v) is 10.9. The summed E-state index contributed by atoms with van der Waals surface area (Å²) in [7, 11) is 0. The average Bonchev–Trinajstić information content (AvgIpc) is 2.41. The van der Waals surface area contributed by atoms with Crippen LogP contribution in [0.4, 0.5) is 13.2 Å². The molecule has 0 unspecified atom stereocenters. The van der Waals surface area contributed by atoms with E-state index in [-0.39, 0.29) is 24.6 Å². The van der Waals surface area contributed by atoms with Crippen LogP contribution in [0.1, 0.15) is 18.1 Å². The van der Waals surface area contributed by atoms with Crippen molar-refractivity contribution in [3.8, 4) is 11.8 Å². The molecular weight excluding hydrogens is 271 g/mol. The summed E-state index contributed by atoms with van der Waals surface area (Å²) in [5.41, 5.74) is -0.497. The molecule has 0 radical (unpaired) electrons. The van der Waals surface area contributed by atoms with Crippen LogP contribution in [0.5, 0.6) is 0 Å². The first-order chi connectivity index (χ1) is 9.43. The van der Waals surface area contributed by atoms with Gasteiger partial charge in [0.05, 0.1) is 12.1 Å². The van der Waals surface area contributed by atoms with E-state index in [0.29, 0.717) is 6.61 Å². The van der Waals surface area contributed by atoms with Gasteiger partial charge in [-0.05, 0) is 25.1 Å². The lowest BCUT2D eigenvalue weighted by Gasteiger charge is -2.05. The van der Waals surface area contributed by atoms with Crippen molar-refractivity contribution in [1.82, 2.24) is 5.32 Å². The molecule has 3 nitrogen and oxygen atoms in total. The summed E-state index contributed by atoms with van der Waals surface area (Å²) in [5, 5.41) is 2.47. The van der Waals surface area contributed by atoms with Crippen molar-refractivity contribution in [2.24, 2.45) is 0 Å². The lowest BCUT2D eigenvalue weighted by Crippen LogP contribution is -2.27. The van der Waals surface area contributed by atoms with E-state index in [0.717, 1.165) is 12.1 Å². The highest BCUT2D eigenvalue weighted by molar-refractivity contribution is 5.77. The van der Waals surface area contributed by atoms with Gasteiger partial charge in [-0.1, -0.05) is 17.9 Å². The Morgan fingerprint density at radius 2 is 2.15 bits per heavy atom. The number of amides is 1. The zero-order chi connectivity index (χ0) is 15.0. The maximum atomic E-state index is 12.5. The summed E-state index contributed by atoms with van der Waals surface area (Å²) in [6.07, 6.45) is -4.39. The quantitative estimate of drug-likeness (QED) is 0.861. The van der Waals surface area contributed by atoms with Gasteiger partial charge < -0.3 is 10.1 Å². The van der Waals surface area contributed by atoms with Gasteiger partial charge in [0.2, 0.25) is 5.91 Å². The molecule has 0 fully saturated rings. The molecule has 0 aliphatic carbocycles. The molecule has 20 heavy (non-hydrogen) atoms. The van der Waals surface area contributed by atoms with E-state index in [2.05, 4.69) is 17.2 Å². The Labute approximate surface area is 115 Å². The van der Waals surface area contributed by atoms with Crippen LogP contribution in [0.15, 0.2) is 24.3 Å². The van der Waals surface area contributed by atoms with Gasteiger partial charge in [0.15, 0.2) is 0 Å². The van der Waals surface area contributed by atoms with Gasteiger partial charge in [-0.3, -0.25) is 4.79 Å². The highest BCUT2D eigenvalue weighted by atomic mass is 19.4. The molecule has 0 aromatic heterocycles. The second-order valence-corrected chi connectivity index (χ2v) is 3.79. The van der Waals surface area contributed by atoms with Crippen molar-refractivity contribution >= 4 is 5.91 Å². The lowest BCUT2D eigenvalue weighted by molar-refractivity contribution is -0.137. The standard InChI is InChI=1S/C14H14F3NO2/c1-2-20-10-13(19)18-8-4-6-11-5-3-7-12(9-11)14(15,16)17/h3,5,7,9H,2,8,10H2,1H3,(H,18,19). The zero-order valence-electron chi connectivity index (χ0n) is 10.9. The second kappa shape index (κ2) is 7.56. The van der Waals surface area contributed by atoms with Gasteiger partial charge in [-0.25, -0.2) is 0 Å². The molecule has 0 aliphatic heterocycles. The fourth-order valence-corrected chi connectivity index (χ4v) is 1.31. The first-order valence-corrected chi connectivity index (χ1v) is 5.94. The van der Waals surface area contributed by atoms with Crippen LogP contribution < -0.4 is 5.32 Å². The molecule has 1 aromatic carbocycles. The minimum Gasteiger partial charge on any atom is -0.372 e. The number of halogens is 3. The topological polar surface area (TPSA) is 38.3 Å². The van der Waals surface area contributed by atoms with Crippen molar-refractivity contribution in [1.29, 1.82) is 0 Å².